The smallest absolute Gasteiger partial charge is 0.275 e. The molecular formula is C14H20N2O4. The van der Waals surface area contributed by atoms with Crippen molar-refractivity contribution in [1.29, 1.82) is 0 Å². The van der Waals surface area contributed by atoms with Gasteiger partial charge < -0.3 is 14.8 Å². The summed E-state index contributed by atoms with van der Waals surface area (Å²) >= 11 is 0. The fourth-order valence-corrected chi connectivity index (χ4v) is 2.10. The molecule has 1 aromatic rings. The second-order valence-corrected chi connectivity index (χ2v) is 4.93. The largest absolute Gasteiger partial charge is 0.493 e. The zero-order chi connectivity index (χ0) is 14.4. The number of ether oxygens (including phenoxy) is 2. The summed E-state index contributed by atoms with van der Waals surface area (Å²) in [6.07, 6.45) is 1.89. The fraction of sp³-hybridized carbons (Fsp3) is 0.571. The van der Waals surface area contributed by atoms with Gasteiger partial charge in [0, 0.05) is 36.9 Å². The third-order valence-electron chi connectivity index (χ3n) is 3.19. The highest BCUT2D eigenvalue weighted by Gasteiger charge is 2.16. The van der Waals surface area contributed by atoms with Crippen LogP contribution in [0.15, 0.2) is 18.2 Å². The van der Waals surface area contributed by atoms with E-state index in [1.54, 1.807) is 6.07 Å². The lowest BCUT2D eigenvalue weighted by Gasteiger charge is -2.12. The summed E-state index contributed by atoms with van der Waals surface area (Å²) in [6.45, 7) is 4.86. The van der Waals surface area contributed by atoms with Crippen LogP contribution in [0.4, 0.5) is 11.4 Å². The van der Waals surface area contributed by atoms with Gasteiger partial charge in [0.15, 0.2) is 0 Å². The van der Waals surface area contributed by atoms with Crippen molar-refractivity contribution in [3.8, 4) is 5.75 Å². The Bertz CT molecular complexity index is 458. The van der Waals surface area contributed by atoms with Crippen molar-refractivity contribution in [2.24, 2.45) is 5.92 Å². The molecule has 0 bridgehead atoms. The zero-order valence-electron chi connectivity index (χ0n) is 11.6. The first-order valence-electron chi connectivity index (χ1n) is 6.93. The maximum Gasteiger partial charge on any atom is 0.275 e. The summed E-state index contributed by atoms with van der Waals surface area (Å²) in [5.41, 5.74) is 0.765. The van der Waals surface area contributed by atoms with Gasteiger partial charge in [0.25, 0.3) is 5.69 Å². The minimum Gasteiger partial charge on any atom is -0.493 e. The molecule has 0 spiro atoms. The number of non-ortho nitro benzene ring substituents is 1. The number of nitro benzene ring substituents is 1. The van der Waals surface area contributed by atoms with Gasteiger partial charge in [-0.25, -0.2) is 0 Å². The summed E-state index contributed by atoms with van der Waals surface area (Å²) in [5.74, 6) is 1.00. The van der Waals surface area contributed by atoms with Crippen LogP contribution in [0.1, 0.15) is 19.8 Å². The van der Waals surface area contributed by atoms with E-state index in [9.17, 15) is 10.1 Å². The summed E-state index contributed by atoms with van der Waals surface area (Å²) in [4.78, 5) is 10.5. The lowest BCUT2D eigenvalue weighted by molar-refractivity contribution is -0.384. The van der Waals surface area contributed by atoms with E-state index in [-0.39, 0.29) is 5.69 Å². The highest BCUT2D eigenvalue weighted by Crippen LogP contribution is 2.26. The van der Waals surface area contributed by atoms with E-state index in [1.165, 1.54) is 12.1 Å². The van der Waals surface area contributed by atoms with E-state index in [1.807, 2.05) is 6.92 Å². The molecule has 0 radical (unpaired) electrons. The number of nitrogens with one attached hydrogen (secondary N) is 1. The molecule has 1 unspecified atom stereocenters. The minimum absolute atomic E-state index is 0.0452. The molecule has 0 aliphatic carbocycles. The topological polar surface area (TPSA) is 73.6 Å². The van der Waals surface area contributed by atoms with E-state index in [0.717, 1.165) is 38.3 Å². The highest BCUT2D eigenvalue weighted by molar-refractivity contribution is 5.56. The van der Waals surface area contributed by atoms with Gasteiger partial charge in [0.2, 0.25) is 0 Å². The number of hydrogen-bond acceptors (Lipinski definition) is 5. The Morgan fingerprint density at radius 1 is 1.50 bits per heavy atom. The number of rotatable bonds is 7. The molecular weight excluding hydrogens is 260 g/mol. The highest BCUT2D eigenvalue weighted by atomic mass is 16.6. The van der Waals surface area contributed by atoms with Crippen molar-refractivity contribution >= 4 is 11.4 Å². The van der Waals surface area contributed by atoms with Crippen molar-refractivity contribution in [3.05, 3.63) is 28.3 Å². The molecule has 110 valence electrons. The van der Waals surface area contributed by atoms with Gasteiger partial charge in [-0.15, -0.1) is 0 Å². The van der Waals surface area contributed by atoms with Crippen LogP contribution in [0.25, 0.3) is 0 Å². The van der Waals surface area contributed by atoms with Crippen LogP contribution < -0.4 is 10.1 Å². The van der Waals surface area contributed by atoms with E-state index < -0.39 is 4.92 Å². The van der Waals surface area contributed by atoms with Gasteiger partial charge in [-0.3, -0.25) is 10.1 Å². The molecule has 0 saturated carbocycles. The third kappa shape index (κ3) is 4.09. The molecule has 20 heavy (non-hydrogen) atoms. The van der Waals surface area contributed by atoms with Gasteiger partial charge in [-0.1, -0.05) is 6.92 Å². The summed E-state index contributed by atoms with van der Waals surface area (Å²) in [6, 6.07) is 4.80. The Hall–Kier alpha value is -1.82. The van der Waals surface area contributed by atoms with Gasteiger partial charge in [0.1, 0.15) is 5.75 Å². The molecule has 1 saturated heterocycles. The molecule has 1 atom stereocenters. The number of benzene rings is 1. The Kier molecular flexibility index (Phi) is 5.17. The van der Waals surface area contributed by atoms with Gasteiger partial charge in [-0.2, -0.15) is 0 Å². The Balaban J connectivity index is 2.04. The third-order valence-corrected chi connectivity index (χ3v) is 3.19. The summed E-state index contributed by atoms with van der Waals surface area (Å²) in [5, 5.41) is 14.2. The fourth-order valence-electron chi connectivity index (χ4n) is 2.10. The van der Waals surface area contributed by atoms with Crippen LogP contribution >= 0.6 is 0 Å². The number of nitrogens with zero attached hydrogens (tertiary/aromatic N) is 1. The molecule has 6 nitrogen and oxygen atoms in total. The average Bonchev–Trinajstić information content (AvgIpc) is 2.96. The SMILES string of the molecule is CCCOc1cc(NCC2CCOC2)cc([N+](=O)[O-])c1. The van der Waals surface area contributed by atoms with Gasteiger partial charge in [-0.05, 0) is 12.8 Å². The number of hydrogen-bond donors (Lipinski definition) is 1. The predicted molar refractivity (Wildman–Crippen MR) is 76.3 cm³/mol. The molecule has 0 amide bonds. The van der Waals surface area contributed by atoms with Crippen LogP contribution in [-0.2, 0) is 4.74 Å². The maximum atomic E-state index is 10.9. The number of nitro groups is 1. The molecule has 2 rings (SSSR count). The van der Waals surface area contributed by atoms with Crippen LogP contribution in [-0.4, -0.2) is 31.3 Å². The lowest BCUT2D eigenvalue weighted by atomic mass is 10.1. The van der Waals surface area contributed by atoms with Crippen LogP contribution in [0.3, 0.4) is 0 Å². The Morgan fingerprint density at radius 3 is 3.00 bits per heavy atom. The quantitative estimate of drug-likeness (QED) is 0.614. The first kappa shape index (κ1) is 14.6. The first-order chi connectivity index (χ1) is 9.69. The summed E-state index contributed by atoms with van der Waals surface area (Å²) in [7, 11) is 0. The standard InChI is InChI=1S/C14H20N2O4/c1-2-4-20-14-7-12(6-13(8-14)16(17)18)15-9-11-3-5-19-10-11/h6-8,11,15H,2-5,9-10H2,1H3. The van der Waals surface area contributed by atoms with Crippen molar-refractivity contribution in [2.45, 2.75) is 19.8 Å². The van der Waals surface area contributed by atoms with E-state index in [2.05, 4.69) is 5.32 Å². The molecule has 1 aromatic carbocycles. The second kappa shape index (κ2) is 7.09. The van der Waals surface area contributed by atoms with Crippen molar-refractivity contribution in [2.75, 3.05) is 31.7 Å². The molecule has 1 heterocycles. The monoisotopic (exact) mass is 280 g/mol. The van der Waals surface area contributed by atoms with Crippen LogP contribution in [0.5, 0.6) is 5.75 Å². The van der Waals surface area contributed by atoms with Crippen LogP contribution in [0.2, 0.25) is 0 Å². The average molecular weight is 280 g/mol. The lowest BCUT2D eigenvalue weighted by Crippen LogP contribution is -2.14. The van der Waals surface area contributed by atoms with E-state index >= 15 is 0 Å². The minimum atomic E-state index is -0.400. The predicted octanol–water partition coefficient (Wildman–Crippen LogP) is 2.83. The van der Waals surface area contributed by atoms with Crippen molar-refractivity contribution in [1.82, 2.24) is 0 Å². The van der Waals surface area contributed by atoms with Gasteiger partial charge >= 0.3 is 0 Å². The maximum absolute atomic E-state index is 10.9. The molecule has 1 fully saturated rings. The Morgan fingerprint density at radius 2 is 2.35 bits per heavy atom. The van der Waals surface area contributed by atoms with E-state index in [0.29, 0.717) is 18.3 Å². The van der Waals surface area contributed by atoms with Crippen molar-refractivity contribution < 1.29 is 14.4 Å². The summed E-state index contributed by atoms with van der Waals surface area (Å²) < 4.78 is 10.8. The first-order valence-corrected chi connectivity index (χ1v) is 6.93. The normalized spacial score (nSPS) is 17.9. The molecule has 1 aliphatic rings. The Labute approximate surface area is 118 Å². The zero-order valence-corrected chi connectivity index (χ0v) is 11.6. The van der Waals surface area contributed by atoms with E-state index in [4.69, 9.17) is 9.47 Å². The molecule has 1 aliphatic heterocycles. The molecule has 1 N–H and O–H groups in total. The number of anilines is 1. The molecule has 0 aromatic heterocycles. The second-order valence-electron chi connectivity index (χ2n) is 4.93. The van der Waals surface area contributed by atoms with Gasteiger partial charge in [0.05, 0.1) is 24.2 Å². The molecule has 6 heteroatoms. The van der Waals surface area contributed by atoms with Crippen LogP contribution in [0, 0.1) is 16.0 Å². The van der Waals surface area contributed by atoms with Crippen molar-refractivity contribution in [3.63, 3.8) is 0 Å².